The maximum atomic E-state index is 12.2. The number of carbonyl (C=O) groups is 1. The maximum absolute atomic E-state index is 12.2. The Morgan fingerprint density at radius 3 is 2.59 bits per heavy atom. The largest absolute Gasteiger partial charge is 0.368 e. The van der Waals surface area contributed by atoms with Crippen LogP contribution in [-0.4, -0.2) is 10.5 Å². The summed E-state index contributed by atoms with van der Waals surface area (Å²) in [7, 11) is 0. The smallest absolute Gasteiger partial charge is 0.243 e. The predicted octanol–water partition coefficient (Wildman–Crippen LogP) is 3.74. The van der Waals surface area contributed by atoms with Crippen molar-refractivity contribution in [3.63, 3.8) is 0 Å². The molecule has 2 aromatic carbocycles. The van der Waals surface area contributed by atoms with Gasteiger partial charge in [0.2, 0.25) is 5.91 Å². The summed E-state index contributed by atoms with van der Waals surface area (Å²) in [5.74, 6) is -0.358. The summed E-state index contributed by atoms with van der Waals surface area (Å²) in [5, 5.41) is 1.67. The molecule has 22 heavy (non-hydrogen) atoms. The third-order valence-electron chi connectivity index (χ3n) is 4.11. The highest BCUT2D eigenvalue weighted by Crippen LogP contribution is 2.29. The molecule has 1 aromatic heterocycles. The molecule has 0 radical (unpaired) electrons. The van der Waals surface area contributed by atoms with Gasteiger partial charge in [0.1, 0.15) is 5.54 Å². The molecule has 0 aliphatic heterocycles. The Kier molecular flexibility index (Phi) is 3.67. The molecule has 0 aliphatic rings. The lowest BCUT2D eigenvalue weighted by molar-refractivity contribution is -0.125. The number of fused-ring (bicyclic) bond motifs is 1. The quantitative estimate of drug-likeness (QED) is 0.784. The predicted molar refractivity (Wildman–Crippen MR) is 89.9 cm³/mol. The third kappa shape index (κ3) is 2.48. The van der Waals surface area contributed by atoms with Gasteiger partial charge in [-0.1, -0.05) is 41.9 Å². The zero-order valence-corrected chi connectivity index (χ0v) is 13.0. The number of hydrogen-bond acceptors (Lipinski definition) is 1. The molecule has 0 bridgehead atoms. The van der Waals surface area contributed by atoms with E-state index >= 15 is 0 Å². The Balaban J connectivity index is 2.11. The van der Waals surface area contributed by atoms with Gasteiger partial charge in [-0.2, -0.15) is 0 Å². The van der Waals surface area contributed by atoms with Crippen molar-refractivity contribution in [3.8, 4) is 0 Å². The Morgan fingerprint density at radius 2 is 1.91 bits per heavy atom. The lowest BCUT2D eigenvalue weighted by atomic mass is 9.91. The number of nitrogens with two attached hydrogens (primary N) is 1. The van der Waals surface area contributed by atoms with Crippen molar-refractivity contribution in [3.05, 3.63) is 71.4 Å². The van der Waals surface area contributed by atoms with Gasteiger partial charge < -0.3 is 10.3 Å². The van der Waals surface area contributed by atoms with Crippen molar-refractivity contribution in [2.75, 3.05) is 0 Å². The number of amides is 1. The second-order valence-corrected chi connectivity index (χ2v) is 6.13. The second kappa shape index (κ2) is 5.50. The normalized spacial score (nSPS) is 13.9. The highest BCUT2D eigenvalue weighted by Gasteiger charge is 2.34. The van der Waals surface area contributed by atoms with Gasteiger partial charge in [-0.15, -0.1) is 0 Å². The van der Waals surface area contributed by atoms with E-state index < -0.39 is 5.54 Å². The molecule has 0 saturated heterocycles. The van der Waals surface area contributed by atoms with Crippen LogP contribution in [0.4, 0.5) is 0 Å². The number of rotatable bonds is 4. The van der Waals surface area contributed by atoms with Gasteiger partial charge in [-0.3, -0.25) is 4.79 Å². The number of nitrogens with zero attached hydrogens (tertiary/aromatic N) is 1. The van der Waals surface area contributed by atoms with Crippen LogP contribution in [0.2, 0.25) is 5.02 Å². The average molecular weight is 313 g/mol. The number of primary amides is 1. The first-order valence-electron chi connectivity index (χ1n) is 7.12. The molecule has 0 saturated carbocycles. The summed E-state index contributed by atoms with van der Waals surface area (Å²) in [5.41, 5.74) is 6.92. The van der Waals surface area contributed by atoms with Crippen molar-refractivity contribution < 1.29 is 4.79 Å². The van der Waals surface area contributed by atoms with E-state index in [1.54, 1.807) is 0 Å². The fourth-order valence-corrected chi connectivity index (χ4v) is 3.01. The Labute approximate surface area is 134 Å². The van der Waals surface area contributed by atoms with Crippen LogP contribution in [-0.2, 0) is 16.8 Å². The molecular weight excluding hydrogens is 296 g/mol. The highest BCUT2D eigenvalue weighted by atomic mass is 35.5. The van der Waals surface area contributed by atoms with Crippen LogP contribution in [0, 0.1) is 0 Å². The van der Waals surface area contributed by atoms with E-state index in [9.17, 15) is 4.79 Å². The lowest BCUT2D eigenvalue weighted by Crippen LogP contribution is -2.45. The Bertz CT molecular complexity index is 825. The Hall–Kier alpha value is -2.26. The summed E-state index contributed by atoms with van der Waals surface area (Å²) < 4.78 is 1.94. The van der Waals surface area contributed by atoms with Gasteiger partial charge in [-0.25, -0.2) is 0 Å². The van der Waals surface area contributed by atoms with Crippen LogP contribution in [0.1, 0.15) is 12.5 Å². The molecule has 112 valence electrons. The fourth-order valence-electron chi connectivity index (χ4n) is 2.83. The summed E-state index contributed by atoms with van der Waals surface area (Å²) in [6, 6.07) is 17.5. The van der Waals surface area contributed by atoms with Crippen molar-refractivity contribution in [1.29, 1.82) is 0 Å². The van der Waals surface area contributed by atoms with E-state index in [-0.39, 0.29) is 5.91 Å². The average Bonchev–Trinajstić information content (AvgIpc) is 2.91. The minimum atomic E-state index is -0.836. The summed E-state index contributed by atoms with van der Waals surface area (Å²) >= 11 is 6.03. The summed E-state index contributed by atoms with van der Waals surface area (Å²) in [6.45, 7) is 1.87. The van der Waals surface area contributed by atoms with Crippen LogP contribution in [0.15, 0.2) is 60.8 Å². The van der Waals surface area contributed by atoms with Crippen LogP contribution >= 0.6 is 11.6 Å². The minimum absolute atomic E-state index is 0.358. The molecule has 0 aliphatic carbocycles. The van der Waals surface area contributed by atoms with E-state index in [2.05, 4.69) is 0 Å². The monoisotopic (exact) mass is 312 g/mol. The van der Waals surface area contributed by atoms with E-state index in [0.29, 0.717) is 11.4 Å². The van der Waals surface area contributed by atoms with Crippen molar-refractivity contribution in [2.24, 2.45) is 5.73 Å². The number of benzene rings is 2. The van der Waals surface area contributed by atoms with Crippen molar-refractivity contribution in [1.82, 2.24) is 4.57 Å². The zero-order chi connectivity index (χ0) is 15.7. The molecule has 1 amide bonds. The molecule has 3 rings (SSSR count). The highest BCUT2D eigenvalue weighted by molar-refractivity contribution is 6.31. The van der Waals surface area contributed by atoms with Gasteiger partial charge in [0.05, 0.1) is 0 Å². The topological polar surface area (TPSA) is 48.0 Å². The van der Waals surface area contributed by atoms with Crippen LogP contribution in [0.3, 0.4) is 0 Å². The fraction of sp³-hybridized carbons (Fsp3) is 0.167. The minimum Gasteiger partial charge on any atom is -0.368 e. The molecule has 3 nitrogen and oxygen atoms in total. The zero-order valence-electron chi connectivity index (χ0n) is 12.3. The lowest BCUT2D eigenvalue weighted by Gasteiger charge is -2.29. The van der Waals surface area contributed by atoms with Gasteiger partial charge >= 0.3 is 0 Å². The maximum Gasteiger partial charge on any atom is 0.243 e. The van der Waals surface area contributed by atoms with Crippen LogP contribution in [0.25, 0.3) is 10.9 Å². The molecule has 0 spiro atoms. The SMILES string of the molecule is CC(Cc1ccccc1)(C(N)=O)n1ccc2cc(Cl)ccc21. The van der Waals surface area contributed by atoms with E-state index in [1.165, 1.54) is 0 Å². The van der Waals surface area contributed by atoms with Crippen LogP contribution in [0.5, 0.6) is 0 Å². The molecule has 4 heteroatoms. The first-order chi connectivity index (χ1) is 10.5. The van der Waals surface area contributed by atoms with E-state index in [1.807, 2.05) is 72.3 Å². The van der Waals surface area contributed by atoms with Gasteiger partial charge in [-0.05, 0) is 36.8 Å². The number of halogens is 1. The molecule has 1 heterocycles. The number of aromatic nitrogens is 1. The molecular formula is C18H17ClN2O. The first kappa shape index (κ1) is 14.7. The molecule has 1 unspecified atom stereocenters. The summed E-state index contributed by atoms with van der Waals surface area (Å²) in [4.78, 5) is 12.2. The van der Waals surface area contributed by atoms with Crippen LogP contribution < -0.4 is 5.73 Å². The third-order valence-corrected chi connectivity index (χ3v) is 4.34. The van der Waals surface area contributed by atoms with Crippen molar-refractivity contribution >= 4 is 28.4 Å². The standard InChI is InChI=1S/C18H17ClN2O/c1-18(17(20)22,12-13-5-3-2-4-6-13)21-10-9-14-11-15(19)7-8-16(14)21/h2-11H,12H2,1H3,(H2,20,22). The Morgan fingerprint density at radius 1 is 1.18 bits per heavy atom. The molecule has 0 fully saturated rings. The molecule has 2 N–H and O–H groups in total. The summed E-state index contributed by atoms with van der Waals surface area (Å²) in [6.07, 6.45) is 2.43. The van der Waals surface area contributed by atoms with Gasteiger partial charge in [0.25, 0.3) is 0 Å². The van der Waals surface area contributed by atoms with Crippen molar-refractivity contribution in [2.45, 2.75) is 18.9 Å². The first-order valence-corrected chi connectivity index (χ1v) is 7.49. The van der Waals surface area contributed by atoms with Gasteiger partial charge in [0.15, 0.2) is 0 Å². The van der Waals surface area contributed by atoms with Gasteiger partial charge in [0, 0.05) is 28.5 Å². The van der Waals surface area contributed by atoms with E-state index in [0.717, 1.165) is 16.5 Å². The number of hydrogen-bond donors (Lipinski definition) is 1. The molecule has 1 atom stereocenters. The number of carbonyl (C=O) groups excluding carboxylic acids is 1. The van der Waals surface area contributed by atoms with E-state index in [4.69, 9.17) is 17.3 Å². The second-order valence-electron chi connectivity index (χ2n) is 5.69. The molecule has 3 aromatic rings.